The molecule has 2 aliphatic carbocycles. The fraction of sp³-hybridized carbons (Fsp3) is 0.867. The van der Waals surface area contributed by atoms with Crippen LogP contribution in [0.25, 0.3) is 0 Å². The van der Waals surface area contributed by atoms with Gasteiger partial charge in [0.05, 0.1) is 5.60 Å². The molecule has 1 fully saturated rings. The third kappa shape index (κ3) is 1.84. The monoisotopic (exact) mass is 222 g/mol. The number of fused-ring (bicyclic) bond motifs is 1. The molecule has 0 spiro atoms. The van der Waals surface area contributed by atoms with Crippen LogP contribution in [0.15, 0.2) is 11.6 Å². The summed E-state index contributed by atoms with van der Waals surface area (Å²) >= 11 is 0. The molecule has 1 saturated carbocycles. The third-order valence-electron chi connectivity index (χ3n) is 5.07. The first-order chi connectivity index (χ1) is 7.45. The molecule has 0 amide bonds. The lowest BCUT2D eigenvalue weighted by Crippen LogP contribution is -2.52. The summed E-state index contributed by atoms with van der Waals surface area (Å²) in [7, 11) is 0. The van der Waals surface area contributed by atoms with Crippen molar-refractivity contribution in [3.8, 4) is 0 Å². The van der Waals surface area contributed by atoms with E-state index < -0.39 is 5.60 Å². The highest BCUT2D eigenvalue weighted by molar-refractivity contribution is 5.17. The first kappa shape index (κ1) is 12.2. The minimum atomic E-state index is -0.410. The molecule has 1 heteroatoms. The lowest BCUT2D eigenvalue weighted by molar-refractivity contribution is -0.111. The zero-order valence-corrected chi connectivity index (χ0v) is 11.2. The summed E-state index contributed by atoms with van der Waals surface area (Å²) < 4.78 is 0. The van der Waals surface area contributed by atoms with Crippen molar-refractivity contribution in [2.75, 3.05) is 0 Å². The topological polar surface area (TPSA) is 20.2 Å². The number of allylic oxidation sites excluding steroid dienone is 1. The van der Waals surface area contributed by atoms with E-state index in [1.54, 1.807) is 0 Å². The second kappa shape index (κ2) is 4.18. The Balaban J connectivity index is 2.32. The van der Waals surface area contributed by atoms with Gasteiger partial charge in [0.2, 0.25) is 0 Å². The smallest absolute Gasteiger partial charge is 0.0741 e. The fourth-order valence-corrected chi connectivity index (χ4v) is 3.79. The molecule has 0 aromatic rings. The molecular formula is C15H26O. The van der Waals surface area contributed by atoms with Crippen molar-refractivity contribution in [2.45, 2.75) is 59.0 Å². The van der Waals surface area contributed by atoms with E-state index in [1.165, 1.54) is 18.4 Å². The van der Waals surface area contributed by atoms with Crippen molar-refractivity contribution < 1.29 is 5.11 Å². The zero-order chi connectivity index (χ0) is 11.9. The second-order valence-electron chi connectivity index (χ2n) is 6.42. The van der Waals surface area contributed by atoms with E-state index in [0.717, 1.165) is 12.8 Å². The Bertz CT molecular complexity index is 292. The van der Waals surface area contributed by atoms with Crippen molar-refractivity contribution in [3.63, 3.8) is 0 Å². The van der Waals surface area contributed by atoms with E-state index in [-0.39, 0.29) is 0 Å². The van der Waals surface area contributed by atoms with Gasteiger partial charge < -0.3 is 5.11 Å². The quantitative estimate of drug-likeness (QED) is 0.669. The Hall–Kier alpha value is -0.300. The van der Waals surface area contributed by atoms with Crippen molar-refractivity contribution >= 4 is 0 Å². The van der Waals surface area contributed by atoms with Crippen LogP contribution in [-0.4, -0.2) is 10.7 Å². The van der Waals surface area contributed by atoms with E-state index in [2.05, 4.69) is 33.8 Å². The van der Waals surface area contributed by atoms with E-state index in [1.807, 2.05) is 0 Å². The average Bonchev–Trinajstić information content (AvgIpc) is 2.21. The van der Waals surface area contributed by atoms with Gasteiger partial charge in [0.1, 0.15) is 0 Å². The lowest BCUT2D eigenvalue weighted by Gasteiger charge is -2.51. The highest BCUT2D eigenvalue weighted by Crippen LogP contribution is 2.50. The SMILES string of the molecule is CC1=CC2[C@H](C(C)C)CC[C@H](C)[C@]2(O)CC1. The van der Waals surface area contributed by atoms with Gasteiger partial charge in [0.25, 0.3) is 0 Å². The molecule has 0 bridgehead atoms. The van der Waals surface area contributed by atoms with Gasteiger partial charge in [-0.1, -0.05) is 32.4 Å². The Morgan fingerprint density at radius 2 is 2.06 bits per heavy atom. The summed E-state index contributed by atoms with van der Waals surface area (Å²) in [5, 5.41) is 11.0. The molecule has 0 aromatic heterocycles. The van der Waals surface area contributed by atoms with Crippen LogP contribution in [0.2, 0.25) is 0 Å². The van der Waals surface area contributed by atoms with Crippen LogP contribution in [0.5, 0.6) is 0 Å². The van der Waals surface area contributed by atoms with Crippen LogP contribution >= 0.6 is 0 Å². The van der Waals surface area contributed by atoms with Gasteiger partial charge in [-0.3, -0.25) is 0 Å². The Kier molecular flexibility index (Phi) is 3.18. The largest absolute Gasteiger partial charge is 0.389 e. The van der Waals surface area contributed by atoms with Crippen molar-refractivity contribution in [1.29, 1.82) is 0 Å². The molecule has 92 valence electrons. The first-order valence-corrected chi connectivity index (χ1v) is 6.85. The molecule has 1 unspecified atom stereocenters. The van der Waals surface area contributed by atoms with Crippen LogP contribution in [0.4, 0.5) is 0 Å². The van der Waals surface area contributed by atoms with Crippen LogP contribution < -0.4 is 0 Å². The normalized spacial score (nSPS) is 44.1. The van der Waals surface area contributed by atoms with Gasteiger partial charge in [-0.05, 0) is 50.4 Å². The molecule has 2 rings (SSSR count). The molecule has 16 heavy (non-hydrogen) atoms. The molecule has 1 N–H and O–H groups in total. The van der Waals surface area contributed by atoms with Gasteiger partial charge in [-0.15, -0.1) is 0 Å². The van der Waals surface area contributed by atoms with Crippen molar-refractivity contribution in [1.82, 2.24) is 0 Å². The average molecular weight is 222 g/mol. The van der Waals surface area contributed by atoms with E-state index in [9.17, 15) is 5.11 Å². The Morgan fingerprint density at radius 1 is 1.38 bits per heavy atom. The van der Waals surface area contributed by atoms with E-state index >= 15 is 0 Å². The third-order valence-corrected chi connectivity index (χ3v) is 5.07. The molecule has 0 aliphatic heterocycles. The van der Waals surface area contributed by atoms with Crippen molar-refractivity contribution in [3.05, 3.63) is 11.6 Å². The van der Waals surface area contributed by atoms with E-state index in [0.29, 0.717) is 23.7 Å². The van der Waals surface area contributed by atoms with Gasteiger partial charge in [-0.2, -0.15) is 0 Å². The molecule has 0 radical (unpaired) electrons. The Labute approximate surface area is 99.9 Å². The second-order valence-corrected chi connectivity index (χ2v) is 6.42. The number of hydrogen-bond donors (Lipinski definition) is 1. The molecule has 2 aliphatic rings. The summed E-state index contributed by atoms with van der Waals surface area (Å²) in [6.07, 6.45) is 6.93. The summed E-state index contributed by atoms with van der Waals surface area (Å²) in [4.78, 5) is 0. The summed E-state index contributed by atoms with van der Waals surface area (Å²) in [6, 6.07) is 0. The summed E-state index contributed by atoms with van der Waals surface area (Å²) in [6.45, 7) is 9.06. The molecule has 4 atom stereocenters. The predicted octanol–water partition coefficient (Wildman–Crippen LogP) is 3.78. The molecule has 0 saturated heterocycles. The van der Waals surface area contributed by atoms with Crippen molar-refractivity contribution in [2.24, 2.45) is 23.7 Å². The fourth-order valence-electron chi connectivity index (χ4n) is 3.79. The van der Waals surface area contributed by atoms with Gasteiger partial charge in [-0.25, -0.2) is 0 Å². The maximum absolute atomic E-state index is 11.0. The van der Waals surface area contributed by atoms with E-state index in [4.69, 9.17) is 0 Å². The van der Waals surface area contributed by atoms with Gasteiger partial charge in [0.15, 0.2) is 0 Å². The molecule has 0 heterocycles. The zero-order valence-electron chi connectivity index (χ0n) is 11.2. The molecule has 1 nitrogen and oxygen atoms in total. The first-order valence-electron chi connectivity index (χ1n) is 6.85. The van der Waals surface area contributed by atoms with Crippen LogP contribution in [0.1, 0.15) is 53.4 Å². The maximum Gasteiger partial charge on any atom is 0.0741 e. The summed E-state index contributed by atoms with van der Waals surface area (Å²) in [5.74, 6) is 2.24. The molecular weight excluding hydrogens is 196 g/mol. The number of hydrogen-bond acceptors (Lipinski definition) is 1. The highest BCUT2D eigenvalue weighted by atomic mass is 16.3. The van der Waals surface area contributed by atoms with Crippen LogP contribution in [-0.2, 0) is 0 Å². The standard InChI is InChI=1S/C15H26O/c1-10(2)13-6-5-12(4)15(16)8-7-11(3)9-14(13)15/h9-10,12-14,16H,5-8H2,1-4H3/t12-,13-,14?,15+/m0/s1. The van der Waals surface area contributed by atoms with Gasteiger partial charge in [0, 0.05) is 5.92 Å². The minimum Gasteiger partial charge on any atom is -0.389 e. The van der Waals surface area contributed by atoms with Crippen LogP contribution in [0.3, 0.4) is 0 Å². The lowest BCUT2D eigenvalue weighted by atomic mass is 9.57. The predicted molar refractivity (Wildman–Crippen MR) is 68.2 cm³/mol. The summed E-state index contributed by atoms with van der Waals surface area (Å²) in [5.41, 5.74) is 1.07. The number of aliphatic hydroxyl groups is 1. The highest BCUT2D eigenvalue weighted by Gasteiger charge is 2.49. The number of rotatable bonds is 1. The maximum atomic E-state index is 11.0. The van der Waals surface area contributed by atoms with Crippen LogP contribution in [0, 0.1) is 23.7 Å². The molecule has 0 aromatic carbocycles. The van der Waals surface area contributed by atoms with Gasteiger partial charge >= 0.3 is 0 Å². The minimum absolute atomic E-state index is 0.407. The Morgan fingerprint density at radius 3 is 2.69 bits per heavy atom.